The Morgan fingerprint density at radius 2 is 1.92 bits per heavy atom. The van der Waals surface area contributed by atoms with Crippen LogP contribution in [0.25, 0.3) is 11.4 Å². The van der Waals surface area contributed by atoms with Gasteiger partial charge >= 0.3 is 0 Å². The zero-order chi connectivity index (χ0) is 26.0. The molecular weight excluding hydrogens is 480 g/mol. The average molecular weight is 511 g/mol. The number of hydrogen-bond acceptors (Lipinski definition) is 8. The molecule has 0 spiro atoms. The van der Waals surface area contributed by atoms with Crippen LogP contribution >= 0.6 is 0 Å². The fourth-order valence-electron chi connectivity index (χ4n) is 5.17. The largest absolute Gasteiger partial charge is 0.492 e. The first kappa shape index (κ1) is 24.1. The summed E-state index contributed by atoms with van der Waals surface area (Å²) in [4.78, 5) is 28.7. The van der Waals surface area contributed by atoms with Crippen molar-refractivity contribution in [2.75, 3.05) is 32.1 Å². The number of fused-ring (bicyclic) bond motifs is 1. The standard InChI is InChI=1S/C28H30N8O2/c1-36-14-9-28(10-15-36,27-32-25(34-35-27)19-5-11-29-12-6-19)33-21-4-2-3-20(17-21)26(37)31-23-8-16-38-24-18-30-13-7-22(23)24/h2-7,11-13,17-18,23,33H,8-10,14-16H2,1H3,(H,31,37)(H,32,34,35)/t23-/m1/s1. The van der Waals surface area contributed by atoms with Crippen molar-refractivity contribution in [1.82, 2.24) is 35.4 Å². The van der Waals surface area contributed by atoms with E-state index in [1.165, 1.54) is 0 Å². The number of benzene rings is 1. The molecule has 0 unspecified atom stereocenters. The zero-order valence-electron chi connectivity index (χ0n) is 21.2. The topological polar surface area (TPSA) is 121 Å². The maximum absolute atomic E-state index is 13.3. The molecule has 2 aliphatic heterocycles. The van der Waals surface area contributed by atoms with Crippen LogP contribution in [0.5, 0.6) is 5.75 Å². The molecule has 2 aliphatic rings. The van der Waals surface area contributed by atoms with Crippen LogP contribution in [0.1, 0.15) is 47.1 Å². The maximum Gasteiger partial charge on any atom is 0.251 e. The van der Waals surface area contributed by atoms with Crippen LogP contribution in [-0.2, 0) is 5.54 Å². The van der Waals surface area contributed by atoms with E-state index in [0.29, 0.717) is 24.4 Å². The third kappa shape index (κ3) is 4.82. The molecule has 0 radical (unpaired) electrons. The van der Waals surface area contributed by atoms with Gasteiger partial charge in [-0.05, 0) is 56.3 Å². The zero-order valence-corrected chi connectivity index (χ0v) is 21.2. The van der Waals surface area contributed by atoms with Gasteiger partial charge in [-0.2, -0.15) is 5.10 Å². The molecule has 0 saturated carbocycles. The Balaban J connectivity index is 1.24. The molecule has 38 heavy (non-hydrogen) atoms. The van der Waals surface area contributed by atoms with Gasteiger partial charge < -0.3 is 20.3 Å². The molecule has 10 nitrogen and oxygen atoms in total. The molecule has 0 bridgehead atoms. The molecular formula is C28H30N8O2. The number of ether oxygens (including phenoxy) is 1. The van der Waals surface area contributed by atoms with E-state index in [0.717, 1.165) is 54.3 Å². The van der Waals surface area contributed by atoms with Crippen molar-refractivity contribution in [3.05, 3.63) is 84.2 Å². The number of nitrogens with zero attached hydrogens (tertiary/aromatic N) is 5. The molecule has 5 heterocycles. The average Bonchev–Trinajstić information content (AvgIpc) is 3.47. The molecule has 3 aromatic heterocycles. The normalized spacial score (nSPS) is 18.7. The first-order chi connectivity index (χ1) is 18.6. The summed E-state index contributed by atoms with van der Waals surface area (Å²) in [6.07, 6.45) is 9.30. The monoisotopic (exact) mass is 510 g/mol. The summed E-state index contributed by atoms with van der Waals surface area (Å²) in [6.45, 7) is 2.37. The number of aromatic amines is 1. The van der Waals surface area contributed by atoms with Crippen LogP contribution in [0.15, 0.2) is 67.3 Å². The summed E-state index contributed by atoms with van der Waals surface area (Å²) in [5.74, 6) is 2.03. The van der Waals surface area contributed by atoms with Crippen molar-refractivity contribution < 1.29 is 9.53 Å². The van der Waals surface area contributed by atoms with Crippen molar-refractivity contribution in [3.63, 3.8) is 0 Å². The Labute approximate surface area is 220 Å². The summed E-state index contributed by atoms with van der Waals surface area (Å²) in [5.41, 5.74) is 2.88. The van der Waals surface area contributed by atoms with E-state index in [2.05, 4.69) is 42.7 Å². The third-order valence-electron chi connectivity index (χ3n) is 7.39. The highest BCUT2D eigenvalue weighted by atomic mass is 16.5. The highest BCUT2D eigenvalue weighted by Crippen LogP contribution is 2.36. The van der Waals surface area contributed by atoms with Crippen LogP contribution in [-0.4, -0.2) is 62.7 Å². The molecule has 1 amide bonds. The number of amides is 1. The van der Waals surface area contributed by atoms with Gasteiger partial charge in [0.25, 0.3) is 5.91 Å². The van der Waals surface area contributed by atoms with Crippen molar-refractivity contribution in [3.8, 4) is 17.1 Å². The van der Waals surface area contributed by atoms with Gasteiger partial charge in [-0.25, -0.2) is 4.98 Å². The first-order valence-corrected chi connectivity index (χ1v) is 12.9. The fourth-order valence-corrected chi connectivity index (χ4v) is 5.17. The lowest BCUT2D eigenvalue weighted by atomic mass is 9.86. The van der Waals surface area contributed by atoms with Crippen molar-refractivity contribution in [2.24, 2.45) is 0 Å². The van der Waals surface area contributed by atoms with Crippen molar-refractivity contribution in [2.45, 2.75) is 30.8 Å². The minimum Gasteiger partial charge on any atom is -0.492 e. The number of hydrogen-bond donors (Lipinski definition) is 3. The SMILES string of the molecule is CN1CCC(Nc2cccc(C(=O)N[C@@H]3CCOc4cnccc43)c2)(c2nc(-c3ccncc3)n[nH]2)CC1. The van der Waals surface area contributed by atoms with Gasteiger partial charge in [-0.3, -0.25) is 19.9 Å². The number of piperidine rings is 1. The number of carbonyl (C=O) groups is 1. The van der Waals surface area contributed by atoms with Gasteiger partial charge in [-0.15, -0.1) is 0 Å². The second-order valence-corrected chi connectivity index (χ2v) is 9.91. The van der Waals surface area contributed by atoms with Gasteiger partial charge in [0.05, 0.1) is 24.4 Å². The van der Waals surface area contributed by atoms with E-state index in [9.17, 15) is 4.79 Å². The van der Waals surface area contributed by atoms with Gasteiger partial charge in [0.15, 0.2) is 11.6 Å². The lowest BCUT2D eigenvalue weighted by molar-refractivity contribution is 0.0924. The number of aromatic nitrogens is 5. The summed E-state index contributed by atoms with van der Waals surface area (Å²) in [5, 5.41) is 14.6. The molecule has 1 fully saturated rings. The fraction of sp³-hybridized carbons (Fsp3) is 0.321. The minimum atomic E-state index is -0.438. The number of likely N-dealkylation sites (tertiary alicyclic amines) is 1. The molecule has 3 N–H and O–H groups in total. The molecule has 0 aliphatic carbocycles. The van der Waals surface area contributed by atoms with E-state index in [1.54, 1.807) is 24.8 Å². The lowest BCUT2D eigenvalue weighted by Gasteiger charge is -2.40. The predicted octanol–water partition coefficient (Wildman–Crippen LogP) is 3.55. The van der Waals surface area contributed by atoms with Gasteiger partial charge in [-0.1, -0.05) is 6.07 Å². The smallest absolute Gasteiger partial charge is 0.251 e. The van der Waals surface area contributed by atoms with Crippen molar-refractivity contribution >= 4 is 11.6 Å². The lowest BCUT2D eigenvalue weighted by Crippen LogP contribution is -2.46. The molecule has 4 aromatic rings. The molecule has 194 valence electrons. The Kier molecular flexibility index (Phi) is 6.47. The molecule has 1 aromatic carbocycles. The minimum absolute atomic E-state index is 0.119. The van der Waals surface area contributed by atoms with E-state index in [1.807, 2.05) is 42.5 Å². The van der Waals surface area contributed by atoms with Gasteiger partial charge in [0.2, 0.25) is 0 Å². The third-order valence-corrected chi connectivity index (χ3v) is 7.39. The van der Waals surface area contributed by atoms with Gasteiger partial charge in [0.1, 0.15) is 5.75 Å². The summed E-state index contributed by atoms with van der Waals surface area (Å²) in [7, 11) is 2.13. The number of carbonyl (C=O) groups excluding carboxylic acids is 1. The van der Waals surface area contributed by atoms with E-state index < -0.39 is 5.54 Å². The molecule has 1 atom stereocenters. The van der Waals surface area contributed by atoms with E-state index >= 15 is 0 Å². The van der Waals surface area contributed by atoms with Crippen LogP contribution in [0.3, 0.4) is 0 Å². The van der Waals surface area contributed by atoms with Crippen LogP contribution < -0.4 is 15.4 Å². The maximum atomic E-state index is 13.3. The van der Waals surface area contributed by atoms with E-state index in [-0.39, 0.29) is 11.9 Å². The van der Waals surface area contributed by atoms with Crippen LogP contribution in [0.4, 0.5) is 5.69 Å². The van der Waals surface area contributed by atoms with Crippen LogP contribution in [0, 0.1) is 0 Å². The second kappa shape index (κ2) is 10.2. The Morgan fingerprint density at radius 1 is 1.11 bits per heavy atom. The van der Waals surface area contributed by atoms with Crippen molar-refractivity contribution in [1.29, 1.82) is 0 Å². The van der Waals surface area contributed by atoms with Gasteiger partial charge in [0, 0.05) is 60.5 Å². The predicted molar refractivity (Wildman–Crippen MR) is 143 cm³/mol. The Bertz CT molecular complexity index is 1420. The highest BCUT2D eigenvalue weighted by Gasteiger charge is 2.39. The molecule has 6 rings (SSSR count). The first-order valence-electron chi connectivity index (χ1n) is 12.9. The second-order valence-electron chi connectivity index (χ2n) is 9.91. The summed E-state index contributed by atoms with van der Waals surface area (Å²) in [6, 6.07) is 13.2. The number of pyridine rings is 2. The quantitative estimate of drug-likeness (QED) is 0.360. The summed E-state index contributed by atoms with van der Waals surface area (Å²) >= 11 is 0. The number of anilines is 1. The number of H-pyrrole nitrogens is 1. The number of rotatable bonds is 6. The Hall–Kier alpha value is -4.31. The van der Waals surface area contributed by atoms with Crippen LogP contribution in [0.2, 0.25) is 0 Å². The summed E-state index contributed by atoms with van der Waals surface area (Å²) < 4.78 is 5.69. The molecule has 10 heteroatoms. The van der Waals surface area contributed by atoms with E-state index in [4.69, 9.17) is 9.72 Å². The number of nitrogens with one attached hydrogen (secondary N) is 3. The highest BCUT2D eigenvalue weighted by molar-refractivity contribution is 5.95. The molecule has 1 saturated heterocycles. The Morgan fingerprint density at radius 3 is 2.76 bits per heavy atom.